The van der Waals surface area contributed by atoms with Crippen LogP contribution < -0.4 is 14.8 Å². The number of carbonyl (C=O) groups excluding carboxylic acids is 2. The predicted octanol–water partition coefficient (Wildman–Crippen LogP) is 4.96. The normalized spacial score (nSPS) is 14.5. The van der Waals surface area contributed by atoms with Gasteiger partial charge in [0.15, 0.2) is 0 Å². The highest BCUT2D eigenvalue weighted by Gasteiger charge is 2.26. The van der Waals surface area contributed by atoms with Crippen LogP contribution in [-0.2, 0) is 9.53 Å². The highest BCUT2D eigenvalue weighted by Crippen LogP contribution is 2.26. The Kier molecular flexibility index (Phi) is 8.59. The Morgan fingerprint density at radius 2 is 1.80 bits per heavy atom. The molecule has 4 aromatic rings. The van der Waals surface area contributed by atoms with Gasteiger partial charge in [-0.3, -0.25) is 19.5 Å². The lowest BCUT2D eigenvalue weighted by atomic mass is 10.1. The highest BCUT2D eigenvalue weighted by atomic mass is 19.1. The van der Waals surface area contributed by atoms with Crippen molar-refractivity contribution in [2.75, 3.05) is 39.2 Å². The van der Waals surface area contributed by atoms with Crippen LogP contribution in [0.25, 0.3) is 16.9 Å². The molecule has 0 bridgehead atoms. The number of anilines is 1. The fourth-order valence-corrected chi connectivity index (χ4v) is 4.70. The summed E-state index contributed by atoms with van der Waals surface area (Å²) >= 11 is 0. The van der Waals surface area contributed by atoms with E-state index in [1.807, 2.05) is 24.3 Å². The maximum atomic E-state index is 13.7. The smallest absolute Gasteiger partial charge is 0.254 e. The Balaban J connectivity index is 1.41. The molecule has 2 amide bonds. The molecule has 1 N–H and O–H groups in total. The van der Waals surface area contributed by atoms with Gasteiger partial charge in [0.25, 0.3) is 5.91 Å². The van der Waals surface area contributed by atoms with E-state index in [0.29, 0.717) is 35.1 Å². The number of rotatable bonds is 10. The van der Waals surface area contributed by atoms with Crippen molar-refractivity contribution in [2.24, 2.45) is 0 Å². The fourth-order valence-electron chi connectivity index (χ4n) is 4.70. The van der Waals surface area contributed by atoms with Crippen LogP contribution >= 0.6 is 0 Å². The monoisotopic (exact) mass is 558 g/mol. The molecule has 0 aliphatic carbocycles. The maximum absolute atomic E-state index is 13.7. The first-order valence-corrected chi connectivity index (χ1v) is 13.3. The second-order valence-electron chi connectivity index (χ2n) is 9.63. The molecule has 1 atom stereocenters. The average molecular weight is 559 g/mol. The lowest BCUT2D eigenvalue weighted by Crippen LogP contribution is -2.42. The van der Waals surface area contributed by atoms with Crippen molar-refractivity contribution in [2.45, 2.75) is 18.9 Å². The van der Waals surface area contributed by atoms with Gasteiger partial charge in [0, 0.05) is 36.2 Å². The lowest BCUT2D eigenvalue weighted by molar-refractivity contribution is -0.117. The zero-order valence-electron chi connectivity index (χ0n) is 22.9. The third-order valence-electron chi connectivity index (χ3n) is 6.83. The summed E-state index contributed by atoms with van der Waals surface area (Å²) in [7, 11) is 3.12. The highest BCUT2D eigenvalue weighted by molar-refractivity contribution is 5.99. The lowest BCUT2D eigenvalue weighted by Gasteiger charge is -2.25. The minimum Gasteiger partial charge on any atom is -0.497 e. The molecule has 9 nitrogen and oxygen atoms in total. The second kappa shape index (κ2) is 12.6. The van der Waals surface area contributed by atoms with E-state index in [0.717, 1.165) is 18.4 Å². The third-order valence-corrected chi connectivity index (χ3v) is 6.83. The molecule has 3 aromatic carbocycles. The molecule has 5 rings (SSSR count). The first-order chi connectivity index (χ1) is 19.9. The van der Waals surface area contributed by atoms with Gasteiger partial charge < -0.3 is 19.1 Å². The van der Waals surface area contributed by atoms with E-state index in [-0.39, 0.29) is 36.9 Å². The number of amides is 2. The number of hydrogen-bond acceptors (Lipinski definition) is 6. The molecular weight excluding hydrogens is 527 g/mol. The van der Waals surface area contributed by atoms with Gasteiger partial charge in [-0.1, -0.05) is 6.07 Å². The number of carbonyl (C=O) groups is 2. The standard InChI is InChI=1S/C31H31FN4O5/c1-39-25-14-8-21(9-15-25)28-19-36(24-12-10-23(32)11-13-24)31(33-28)34-29(37)20-35(18-27-7-4-16-41-27)30(38)22-5-3-6-26(17-22)40-2/h3,5-6,8-15,17,19,27H,4,7,16,18,20H2,1-2H3,(H,33,34,37)/t27-/m0/s1. The van der Waals surface area contributed by atoms with Gasteiger partial charge in [-0.25, -0.2) is 9.37 Å². The number of halogens is 1. The van der Waals surface area contributed by atoms with Gasteiger partial charge >= 0.3 is 0 Å². The van der Waals surface area contributed by atoms with Gasteiger partial charge in [-0.2, -0.15) is 0 Å². The molecule has 41 heavy (non-hydrogen) atoms. The number of ether oxygens (including phenoxy) is 3. The van der Waals surface area contributed by atoms with Crippen LogP contribution in [0.15, 0.2) is 79.0 Å². The third kappa shape index (κ3) is 6.72. The van der Waals surface area contributed by atoms with Gasteiger partial charge in [0.05, 0.1) is 26.0 Å². The summed E-state index contributed by atoms with van der Waals surface area (Å²) in [6, 6.07) is 20.0. The average Bonchev–Trinajstić information content (AvgIpc) is 3.67. The number of nitrogens with one attached hydrogen (secondary N) is 1. The summed E-state index contributed by atoms with van der Waals surface area (Å²) in [5.41, 5.74) is 2.41. The summed E-state index contributed by atoms with van der Waals surface area (Å²) in [6.07, 6.45) is 3.32. The van der Waals surface area contributed by atoms with E-state index in [2.05, 4.69) is 10.3 Å². The Morgan fingerprint density at radius 3 is 2.49 bits per heavy atom. The van der Waals surface area contributed by atoms with Gasteiger partial charge in [0.2, 0.25) is 11.9 Å². The summed E-state index contributed by atoms with van der Waals surface area (Å²) in [5, 5.41) is 2.86. The van der Waals surface area contributed by atoms with Crippen molar-refractivity contribution in [3.8, 4) is 28.4 Å². The van der Waals surface area contributed by atoms with E-state index < -0.39 is 5.91 Å². The van der Waals surface area contributed by atoms with Crippen LogP contribution in [0.5, 0.6) is 11.5 Å². The number of benzene rings is 3. The Bertz CT molecular complexity index is 1500. The fraction of sp³-hybridized carbons (Fsp3) is 0.258. The zero-order valence-corrected chi connectivity index (χ0v) is 22.9. The molecule has 2 heterocycles. The molecule has 0 spiro atoms. The Morgan fingerprint density at radius 1 is 1.05 bits per heavy atom. The molecule has 1 aromatic heterocycles. The summed E-state index contributed by atoms with van der Waals surface area (Å²) < 4.78 is 31.6. The Labute approximate surface area is 237 Å². The van der Waals surface area contributed by atoms with Crippen molar-refractivity contribution in [3.63, 3.8) is 0 Å². The molecule has 0 radical (unpaired) electrons. The zero-order chi connectivity index (χ0) is 28.8. The van der Waals surface area contributed by atoms with Crippen LogP contribution in [0.1, 0.15) is 23.2 Å². The number of methoxy groups -OCH3 is 2. The second-order valence-corrected chi connectivity index (χ2v) is 9.63. The predicted molar refractivity (Wildman–Crippen MR) is 152 cm³/mol. The van der Waals surface area contributed by atoms with E-state index in [1.165, 1.54) is 24.1 Å². The minimum atomic E-state index is -0.436. The first kappa shape index (κ1) is 27.9. The van der Waals surface area contributed by atoms with Crippen LogP contribution in [0.2, 0.25) is 0 Å². The molecule has 212 valence electrons. The number of aromatic nitrogens is 2. The van der Waals surface area contributed by atoms with Crippen LogP contribution in [0.4, 0.5) is 10.3 Å². The topological polar surface area (TPSA) is 94.9 Å². The van der Waals surface area contributed by atoms with Crippen molar-refractivity contribution in [3.05, 3.63) is 90.4 Å². The number of imidazole rings is 1. The SMILES string of the molecule is COc1ccc(-c2cn(-c3ccc(F)cc3)c(NC(=O)CN(C[C@@H]3CCCO3)C(=O)c3cccc(OC)c3)n2)cc1. The molecule has 1 saturated heterocycles. The molecular formula is C31H31FN4O5. The molecule has 1 aliphatic rings. The summed E-state index contributed by atoms with van der Waals surface area (Å²) in [6.45, 7) is 0.679. The van der Waals surface area contributed by atoms with E-state index in [9.17, 15) is 14.0 Å². The van der Waals surface area contributed by atoms with E-state index in [1.54, 1.807) is 54.3 Å². The molecule has 10 heteroatoms. The van der Waals surface area contributed by atoms with Crippen molar-refractivity contribution >= 4 is 17.8 Å². The number of hydrogen-bond donors (Lipinski definition) is 1. The largest absolute Gasteiger partial charge is 0.497 e. The van der Waals surface area contributed by atoms with Crippen LogP contribution in [-0.4, -0.2) is 66.3 Å². The number of nitrogens with zero attached hydrogens (tertiary/aromatic N) is 3. The van der Waals surface area contributed by atoms with Crippen molar-refractivity contribution in [1.82, 2.24) is 14.5 Å². The molecule has 0 saturated carbocycles. The van der Waals surface area contributed by atoms with E-state index in [4.69, 9.17) is 14.2 Å². The quantitative estimate of drug-likeness (QED) is 0.296. The van der Waals surface area contributed by atoms with Crippen molar-refractivity contribution < 1.29 is 28.2 Å². The summed E-state index contributed by atoms with van der Waals surface area (Å²) in [4.78, 5) is 33.1. The Hall–Kier alpha value is -4.70. The van der Waals surface area contributed by atoms with Crippen LogP contribution in [0, 0.1) is 5.82 Å². The molecule has 1 fully saturated rings. The van der Waals surface area contributed by atoms with E-state index >= 15 is 0 Å². The molecule has 1 aliphatic heterocycles. The molecule has 0 unspecified atom stereocenters. The van der Waals surface area contributed by atoms with Gasteiger partial charge in [-0.15, -0.1) is 0 Å². The van der Waals surface area contributed by atoms with Crippen molar-refractivity contribution in [1.29, 1.82) is 0 Å². The van der Waals surface area contributed by atoms with Gasteiger partial charge in [0.1, 0.15) is 23.9 Å². The maximum Gasteiger partial charge on any atom is 0.254 e. The minimum absolute atomic E-state index is 0.153. The van der Waals surface area contributed by atoms with Crippen LogP contribution in [0.3, 0.4) is 0 Å². The first-order valence-electron chi connectivity index (χ1n) is 13.3. The van der Waals surface area contributed by atoms with Gasteiger partial charge in [-0.05, 0) is 79.6 Å². The summed E-state index contributed by atoms with van der Waals surface area (Å²) in [5.74, 6) is 0.357.